The second kappa shape index (κ2) is 5.65. The molecule has 1 heterocycles. The summed E-state index contributed by atoms with van der Waals surface area (Å²) in [4.78, 5) is 15.2. The molecular weight excluding hydrogens is 281 g/mol. The Balaban J connectivity index is 1.88. The zero-order chi connectivity index (χ0) is 15.9. The number of ether oxygens (including phenoxy) is 1. The molecule has 2 atom stereocenters. The molecule has 1 saturated carbocycles. The first kappa shape index (κ1) is 15.5. The molecule has 0 bridgehead atoms. The molecule has 2 unspecified atom stereocenters. The molecule has 1 aromatic rings. The summed E-state index contributed by atoms with van der Waals surface area (Å²) in [5.41, 5.74) is 0.639. The average molecular weight is 305 g/mol. The van der Waals surface area contributed by atoms with E-state index in [0.29, 0.717) is 19.1 Å². The summed E-state index contributed by atoms with van der Waals surface area (Å²) in [7, 11) is 0. The molecule has 2 aliphatic rings. The molecule has 1 amide bonds. The summed E-state index contributed by atoms with van der Waals surface area (Å²) >= 11 is 0. The number of carbonyl (C=O) groups is 1. The van der Waals surface area contributed by atoms with E-state index in [-0.39, 0.29) is 29.3 Å². The minimum atomic E-state index is -0.295. The van der Waals surface area contributed by atoms with Gasteiger partial charge in [0.2, 0.25) is 5.91 Å². The summed E-state index contributed by atoms with van der Waals surface area (Å²) in [6, 6.07) is 6.41. The highest BCUT2D eigenvalue weighted by molar-refractivity contribution is 5.85. The van der Waals surface area contributed by atoms with Crippen molar-refractivity contribution in [3.05, 3.63) is 35.6 Å². The lowest BCUT2D eigenvalue weighted by Gasteiger charge is -2.46. The lowest BCUT2D eigenvalue weighted by atomic mass is 9.89. The number of hydrogen-bond acceptors (Lipinski definition) is 2. The second-order valence-corrected chi connectivity index (χ2v) is 7.25. The number of halogens is 1. The van der Waals surface area contributed by atoms with Crippen LogP contribution >= 0.6 is 0 Å². The third-order valence-corrected chi connectivity index (χ3v) is 4.75. The average Bonchev–Trinajstić information content (AvgIpc) is 3.28. The smallest absolute Gasteiger partial charge is 0.231 e. The molecule has 3 nitrogen and oxygen atoms in total. The summed E-state index contributed by atoms with van der Waals surface area (Å²) < 4.78 is 18.9. The Bertz CT molecular complexity index is 551. The van der Waals surface area contributed by atoms with Crippen molar-refractivity contribution >= 4 is 5.91 Å². The summed E-state index contributed by atoms with van der Waals surface area (Å²) in [6.45, 7) is 7.27. The molecule has 1 aliphatic carbocycles. The normalized spacial score (nSPS) is 25.8. The van der Waals surface area contributed by atoms with Gasteiger partial charge in [0.05, 0.1) is 24.2 Å². The van der Waals surface area contributed by atoms with Crippen LogP contribution in [0.2, 0.25) is 0 Å². The van der Waals surface area contributed by atoms with Crippen LogP contribution in [0.1, 0.15) is 45.1 Å². The molecule has 0 aromatic heterocycles. The third kappa shape index (κ3) is 3.02. The fourth-order valence-corrected chi connectivity index (χ4v) is 3.25. The van der Waals surface area contributed by atoms with E-state index in [9.17, 15) is 9.18 Å². The van der Waals surface area contributed by atoms with Gasteiger partial charge in [0.25, 0.3) is 0 Å². The van der Waals surface area contributed by atoms with E-state index in [1.165, 1.54) is 12.1 Å². The Morgan fingerprint density at radius 1 is 1.32 bits per heavy atom. The van der Waals surface area contributed by atoms with Gasteiger partial charge < -0.3 is 9.64 Å². The first-order valence-corrected chi connectivity index (χ1v) is 8.07. The van der Waals surface area contributed by atoms with Gasteiger partial charge >= 0.3 is 0 Å². The molecule has 0 N–H and O–H groups in total. The molecular formula is C18H24FNO2. The standard InChI is InChI=1S/C18H24FNO2/c1-12-10-20(18(2,3)11-22-12)17(21)16(13-4-5-13)14-6-8-15(19)9-7-14/h6-9,12-13,16H,4-5,10-11H2,1-3H3. The SMILES string of the molecule is CC1CN(C(=O)C(c2ccc(F)cc2)C2CC2)C(C)(C)CO1. The van der Waals surface area contributed by atoms with Gasteiger partial charge in [-0.25, -0.2) is 4.39 Å². The highest BCUT2D eigenvalue weighted by Crippen LogP contribution is 2.44. The monoisotopic (exact) mass is 305 g/mol. The predicted octanol–water partition coefficient (Wildman–Crippen LogP) is 3.35. The minimum Gasteiger partial charge on any atom is -0.374 e. The van der Waals surface area contributed by atoms with Gasteiger partial charge in [-0.15, -0.1) is 0 Å². The number of amides is 1. The van der Waals surface area contributed by atoms with E-state index in [1.807, 2.05) is 25.7 Å². The second-order valence-electron chi connectivity index (χ2n) is 7.25. The quantitative estimate of drug-likeness (QED) is 0.857. The summed E-state index contributed by atoms with van der Waals surface area (Å²) in [5, 5.41) is 0. The van der Waals surface area contributed by atoms with Crippen LogP contribution in [-0.2, 0) is 9.53 Å². The number of benzene rings is 1. The van der Waals surface area contributed by atoms with Crippen LogP contribution in [0.3, 0.4) is 0 Å². The van der Waals surface area contributed by atoms with E-state index in [0.717, 1.165) is 18.4 Å². The van der Waals surface area contributed by atoms with E-state index >= 15 is 0 Å². The van der Waals surface area contributed by atoms with Gasteiger partial charge in [0.15, 0.2) is 0 Å². The van der Waals surface area contributed by atoms with Gasteiger partial charge in [0, 0.05) is 6.54 Å². The molecule has 1 saturated heterocycles. The van der Waals surface area contributed by atoms with Crippen molar-refractivity contribution in [3.8, 4) is 0 Å². The topological polar surface area (TPSA) is 29.5 Å². The van der Waals surface area contributed by atoms with Crippen molar-refractivity contribution in [3.63, 3.8) is 0 Å². The zero-order valence-corrected chi connectivity index (χ0v) is 13.5. The van der Waals surface area contributed by atoms with Crippen LogP contribution in [-0.4, -0.2) is 35.6 Å². The Morgan fingerprint density at radius 2 is 1.95 bits per heavy atom. The van der Waals surface area contributed by atoms with Crippen molar-refractivity contribution in [2.24, 2.45) is 5.92 Å². The molecule has 0 spiro atoms. The molecule has 2 fully saturated rings. The van der Waals surface area contributed by atoms with Crippen LogP contribution in [0.4, 0.5) is 4.39 Å². The largest absolute Gasteiger partial charge is 0.374 e. The highest BCUT2D eigenvalue weighted by atomic mass is 19.1. The lowest BCUT2D eigenvalue weighted by Crippen LogP contribution is -2.59. The first-order chi connectivity index (χ1) is 10.4. The molecule has 1 aliphatic heterocycles. The first-order valence-electron chi connectivity index (χ1n) is 8.07. The number of nitrogens with zero attached hydrogens (tertiary/aromatic N) is 1. The van der Waals surface area contributed by atoms with E-state index < -0.39 is 0 Å². The third-order valence-electron chi connectivity index (χ3n) is 4.75. The molecule has 4 heteroatoms. The molecule has 0 radical (unpaired) electrons. The van der Waals surface area contributed by atoms with Gasteiger partial charge in [-0.1, -0.05) is 12.1 Å². The molecule has 120 valence electrons. The van der Waals surface area contributed by atoms with Crippen molar-refractivity contribution < 1.29 is 13.9 Å². The number of rotatable bonds is 3. The van der Waals surface area contributed by atoms with Crippen molar-refractivity contribution in [1.29, 1.82) is 0 Å². The maximum Gasteiger partial charge on any atom is 0.231 e. The van der Waals surface area contributed by atoms with Gasteiger partial charge in [-0.05, 0) is 57.2 Å². The van der Waals surface area contributed by atoms with Crippen LogP contribution in [0, 0.1) is 11.7 Å². The maximum atomic E-state index is 13.2. The number of hydrogen-bond donors (Lipinski definition) is 0. The van der Waals surface area contributed by atoms with E-state index in [2.05, 4.69) is 0 Å². The Labute approximate surface area is 131 Å². The molecule has 3 rings (SSSR count). The van der Waals surface area contributed by atoms with Gasteiger partial charge in [0.1, 0.15) is 5.82 Å². The maximum absolute atomic E-state index is 13.2. The van der Waals surface area contributed by atoms with Crippen LogP contribution < -0.4 is 0 Å². The number of carbonyl (C=O) groups excluding carboxylic acids is 1. The van der Waals surface area contributed by atoms with Crippen molar-refractivity contribution in [2.75, 3.05) is 13.2 Å². The summed E-state index contributed by atoms with van der Waals surface area (Å²) in [6.07, 6.45) is 2.22. The Morgan fingerprint density at radius 3 is 2.55 bits per heavy atom. The number of morpholine rings is 1. The Hall–Kier alpha value is -1.42. The summed E-state index contributed by atoms with van der Waals surface area (Å²) in [5.74, 6) is 0.150. The fraction of sp³-hybridized carbons (Fsp3) is 0.611. The lowest BCUT2D eigenvalue weighted by molar-refractivity contribution is -0.155. The van der Waals surface area contributed by atoms with E-state index in [4.69, 9.17) is 4.74 Å². The van der Waals surface area contributed by atoms with Crippen LogP contribution in [0.25, 0.3) is 0 Å². The highest BCUT2D eigenvalue weighted by Gasteiger charge is 2.44. The van der Waals surface area contributed by atoms with Crippen molar-refractivity contribution in [2.45, 2.75) is 51.2 Å². The predicted molar refractivity (Wildman–Crippen MR) is 83.1 cm³/mol. The van der Waals surface area contributed by atoms with Gasteiger partial charge in [-0.3, -0.25) is 4.79 Å². The molecule has 1 aromatic carbocycles. The van der Waals surface area contributed by atoms with Crippen molar-refractivity contribution in [1.82, 2.24) is 4.90 Å². The van der Waals surface area contributed by atoms with Crippen LogP contribution in [0.5, 0.6) is 0 Å². The van der Waals surface area contributed by atoms with Gasteiger partial charge in [-0.2, -0.15) is 0 Å². The fourth-order valence-electron chi connectivity index (χ4n) is 3.25. The van der Waals surface area contributed by atoms with Crippen LogP contribution in [0.15, 0.2) is 24.3 Å². The minimum absolute atomic E-state index is 0.0602. The molecule has 22 heavy (non-hydrogen) atoms. The zero-order valence-electron chi connectivity index (χ0n) is 13.5. The Kier molecular flexibility index (Phi) is 3.98. The van der Waals surface area contributed by atoms with E-state index in [1.54, 1.807) is 12.1 Å².